The topological polar surface area (TPSA) is 64.7 Å². The summed E-state index contributed by atoms with van der Waals surface area (Å²) in [6.45, 7) is 6.11. The Morgan fingerprint density at radius 3 is 2.20 bits per heavy atom. The van der Waals surface area contributed by atoms with E-state index in [2.05, 4.69) is 0 Å². The molecule has 0 aliphatic rings. The van der Waals surface area contributed by atoms with Gasteiger partial charge in [0.25, 0.3) is 0 Å². The van der Waals surface area contributed by atoms with Crippen LogP contribution in [0, 0.1) is 0 Å². The summed E-state index contributed by atoms with van der Waals surface area (Å²) in [6, 6.07) is -0.131. The van der Waals surface area contributed by atoms with Gasteiger partial charge in [0.15, 0.2) is 6.03 Å². The maximum Gasteiger partial charge on any atom is 0.175 e. The van der Waals surface area contributed by atoms with E-state index in [0.29, 0.717) is 19.8 Å². The molecule has 0 heterocycles. The number of aliphatic hydroxyl groups excluding tert-OH is 1. The monoisotopic (exact) mass is 237 g/mol. The van der Waals surface area contributed by atoms with Crippen LogP contribution in [0.15, 0.2) is 0 Å². The van der Waals surface area contributed by atoms with Gasteiger partial charge in [0.1, 0.15) is 0 Å². The molecule has 0 bridgehead atoms. The molecule has 3 N–H and O–H groups in total. The third-order valence-electron chi connectivity index (χ3n) is 1.95. The second-order valence-corrected chi connectivity index (χ2v) is 5.61. The van der Waals surface area contributed by atoms with Gasteiger partial charge in [0, 0.05) is 19.8 Å². The van der Waals surface area contributed by atoms with Crippen LogP contribution in [0.5, 0.6) is 0 Å². The standard InChI is InChI=1S/C10H24NO3P/c1-3-13-10(14-4-2)15(9-7-12)8-5-6-11/h10,12H,3-9,11H2,1-2H3. The Morgan fingerprint density at radius 2 is 1.80 bits per heavy atom. The Morgan fingerprint density at radius 1 is 1.20 bits per heavy atom. The Bertz CT molecular complexity index is 132. The zero-order chi connectivity index (χ0) is 11.5. The fourth-order valence-corrected chi connectivity index (χ4v) is 3.50. The van der Waals surface area contributed by atoms with Crippen molar-refractivity contribution in [2.24, 2.45) is 5.73 Å². The van der Waals surface area contributed by atoms with Gasteiger partial charge < -0.3 is 20.3 Å². The first-order valence-corrected chi connectivity index (χ1v) is 7.36. The van der Waals surface area contributed by atoms with E-state index in [1.54, 1.807) is 0 Å². The van der Waals surface area contributed by atoms with E-state index in [-0.39, 0.29) is 12.6 Å². The van der Waals surface area contributed by atoms with E-state index in [1.807, 2.05) is 13.8 Å². The largest absolute Gasteiger partial charge is 0.396 e. The highest BCUT2D eigenvalue weighted by Gasteiger charge is 2.20. The summed E-state index contributed by atoms with van der Waals surface area (Å²) in [4.78, 5) is 0. The third-order valence-corrected chi connectivity index (χ3v) is 4.51. The highest BCUT2D eigenvalue weighted by molar-refractivity contribution is 7.58. The van der Waals surface area contributed by atoms with Crippen LogP contribution < -0.4 is 5.73 Å². The normalized spacial score (nSPS) is 13.4. The molecular formula is C10H24NO3P. The van der Waals surface area contributed by atoms with E-state index in [0.717, 1.165) is 18.7 Å². The number of hydrogen-bond donors (Lipinski definition) is 2. The lowest BCUT2D eigenvalue weighted by Crippen LogP contribution is -2.20. The van der Waals surface area contributed by atoms with Crippen molar-refractivity contribution in [3.05, 3.63) is 0 Å². The van der Waals surface area contributed by atoms with Crippen LogP contribution in [0.3, 0.4) is 0 Å². The van der Waals surface area contributed by atoms with Gasteiger partial charge in [-0.25, -0.2) is 0 Å². The van der Waals surface area contributed by atoms with E-state index in [1.165, 1.54) is 0 Å². The molecule has 0 spiro atoms. The maximum atomic E-state index is 9.00. The molecule has 0 rings (SSSR count). The molecule has 92 valence electrons. The average Bonchev–Trinajstić information content (AvgIpc) is 2.24. The number of aliphatic hydroxyl groups is 1. The van der Waals surface area contributed by atoms with Crippen molar-refractivity contribution in [3.63, 3.8) is 0 Å². The summed E-state index contributed by atoms with van der Waals surface area (Å²) in [5.74, 6) is 0. The van der Waals surface area contributed by atoms with E-state index in [4.69, 9.17) is 20.3 Å². The van der Waals surface area contributed by atoms with Crippen LogP contribution in [0.25, 0.3) is 0 Å². The average molecular weight is 237 g/mol. The van der Waals surface area contributed by atoms with Crippen molar-refractivity contribution in [3.8, 4) is 0 Å². The lowest BCUT2D eigenvalue weighted by molar-refractivity contribution is -0.0785. The summed E-state index contributed by atoms with van der Waals surface area (Å²) in [5, 5.41) is 9.00. The molecule has 0 fully saturated rings. The van der Waals surface area contributed by atoms with E-state index in [9.17, 15) is 0 Å². The van der Waals surface area contributed by atoms with Crippen molar-refractivity contribution in [2.75, 3.05) is 38.7 Å². The molecule has 0 aromatic heterocycles. The van der Waals surface area contributed by atoms with Crippen LogP contribution in [0.1, 0.15) is 20.3 Å². The van der Waals surface area contributed by atoms with Gasteiger partial charge in [-0.1, -0.05) is 0 Å². The van der Waals surface area contributed by atoms with Gasteiger partial charge in [-0.15, -0.1) is 0 Å². The highest BCUT2D eigenvalue weighted by atomic mass is 31.1. The first kappa shape index (κ1) is 15.3. The first-order chi connectivity index (χ1) is 7.29. The molecule has 0 aliphatic carbocycles. The fraction of sp³-hybridized carbons (Fsp3) is 1.00. The molecule has 0 saturated heterocycles. The minimum absolute atomic E-state index is 0.131. The quantitative estimate of drug-likeness (QED) is 0.442. The van der Waals surface area contributed by atoms with Gasteiger partial charge in [0.2, 0.25) is 0 Å². The van der Waals surface area contributed by atoms with Crippen molar-refractivity contribution >= 4 is 7.92 Å². The van der Waals surface area contributed by atoms with Crippen LogP contribution in [0.4, 0.5) is 0 Å². The second-order valence-electron chi connectivity index (χ2n) is 3.12. The first-order valence-electron chi connectivity index (χ1n) is 5.58. The van der Waals surface area contributed by atoms with Crippen molar-refractivity contribution in [2.45, 2.75) is 26.3 Å². The Kier molecular flexibility index (Phi) is 11.0. The predicted octanol–water partition coefficient (Wildman–Crippen LogP) is 1.17. The lowest BCUT2D eigenvalue weighted by atomic mass is 10.5. The number of ether oxygens (including phenoxy) is 2. The Hall–Kier alpha value is 0.270. The van der Waals surface area contributed by atoms with Crippen LogP contribution >= 0.6 is 7.92 Å². The van der Waals surface area contributed by atoms with Crippen molar-refractivity contribution < 1.29 is 14.6 Å². The summed E-state index contributed by atoms with van der Waals surface area (Å²) in [5.41, 5.74) is 5.49. The zero-order valence-corrected chi connectivity index (χ0v) is 10.7. The Labute approximate surface area is 93.9 Å². The smallest absolute Gasteiger partial charge is 0.175 e. The predicted molar refractivity (Wildman–Crippen MR) is 64.5 cm³/mol. The number of nitrogens with two attached hydrogens (primary N) is 1. The van der Waals surface area contributed by atoms with Crippen LogP contribution in [-0.4, -0.2) is 49.8 Å². The number of hydrogen-bond acceptors (Lipinski definition) is 4. The molecule has 0 aliphatic heterocycles. The maximum absolute atomic E-state index is 9.00. The molecule has 4 nitrogen and oxygen atoms in total. The molecule has 1 atom stereocenters. The minimum Gasteiger partial charge on any atom is -0.396 e. The summed E-state index contributed by atoms with van der Waals surface area (Å²) >= 11 is 0. The molecular weight excluding hydrogens is 213 g/mol. The van der Waals surface area contributed by atoms with Gasteiger partial charge >= 0.3 is 0 Å². The minimum atomic E-state index is -0.416. The Balaban J connectivity index is 4.09. The second kappa shape index (κ2) is 10.8. The summed E-state index contributed by atoms with van der Waals surface area (Å²) in [7, 11) is -0.416. The van der Waals surface area contributed by atoms with Gasteiger partial charge in [-0.3, -0.25) is 0 Å². The van der Waals surface area contributed by atoms with E-state index >= 15 is 0 Å². The number of rotatable bonds is 10. The molecule has 5 heteroatoms. The van der Waals surface area contributed by atoms with Gasteiger partial charge in [0.05, 0.1) is 0 Å². The van der Waals surface area contributed by atoms with Crippen LogP contribution in [0.2, 0.25) is 0 Å². The SMILES string of the molecule is CCOC(OCC)P(CCO)CCCN. The lowest BCUT2D eigenvalue weighted by Gasteiger charge is -2.26. The molecule has 1 unspecified atom stereocenters. The molecule has 0 aromatic rings. The zero-order valence-electron chi connectivity index (χ0n) is 9.82. The van der Waals surface area contributed by atoms with Gasteiger partial charge in [-0.05, 0) is 47.1 Å². The molecule has 15 heavy (non-hydrogen) atoms. The summed E-state index contributed by atoms with van der Waals surface area (Å²) in [6.07, 6.45) is 2.76. The van der Waals surface area contributed by atoms with E-state index < -0.39 is 7.92 Å². The molecule has 0 amide bonds. The molecule has 0 saturated carbocycles. The fourth-order valence-electron chi connectivity index (χ4n) is 1.29. The third kappa shape index (κ3) is 7.20. The van der Waals surface area contributed by atoms with Crippen molar-refractivity contribution in [1.29, 1.82) is 0 Å². The van der Waals surface area contributed by atoms with Crippen molar-refractivity contribution in [1.82, 2.24) is 0 Å². The van der Waals surface area contributed by atoms with Gasteiger partial charge in [-0.2, -0.15) is 0 Å². The van der Waals surface area contributed by atoms with Crippen LogP contribution in [-0.2, 0) is 9.47 Å². The highest BCUT2D eigenvalue weighted by Crippen LogP contribution is 2.42. The molecule has 0 aromatic carbocycles. The summed E-state index contributed by atoms with van der Waals surface area (Å²) < 4.78 is 11.1. The molecule has 0 radical (unpaired) electrons.